The van der Waals surface area contributed by atoms with Gasteiger partial charge in [0.1, 0.15) is 23.6 Å². The second-order valence-corrected chi connectivity index (χ2v) is 9.29. The number of anilines is 2. The van der Waals surface area contributed by atoms with Gasteiger partial charge in [0, 0.05) is 43.6 Å². The summed E-state index contributed by atoms with van der Waals surface area (Å²) in [5.41, 5.74) is 3.51. The maximum Gasteiger partial charge on any atom is 0.322 e. The van der Waals surface area contributed by atoms with Crippen molar-refractivity contribution in [1.29, 1.82) is 0 Å². The predicted molar refractivity (Wildman–Crippen MR) is 138 cm³/mol. The second kappa shape index (κ2) is 9.53. The number of methoxy groups -OCH3 is 1. The summed E-state index contributed by atoms with van der Waals surface area (Å²) in [4.78, 5) is 39.0. The van der Waals surface area contributed by atoms with Crippen LogP contribution < -0.4 is 15.0 Å². The summed E-state index contributed by atoms with van der Waals surface area (Å²) < 4.78 is 7.02. The van der Waals surface area contributed by atoms with Crippen LogP contribution in [-0.2, 0) is 6.42 Å². The molecule has 0 unspecified atom stereocenters. The summed E-state index contributed by atoms with van der Waals surface area (Å²) in [7, 11) is 1.65. The molecule has 2 aliphatic rings. The van der Waals surface area contributed by atoms with Gasteiger partial charge in [-0.05, 0) is 55.2 Å². The molecule has 0 saturated carbocycles. The highest BCUT2D eigenvalue weighted by atomic mass is 16.5. The number of rotatable bonds is 5. The molecular formula is C27H27N7O3. The van der Waals surface area contributed by atoms with E-state index in [1.54, 1.807) is 23.9 Å². The van der Waals surface area contributed by atoms with Crippen molar-refractivity contribution in [3.05, 3.63) is 78.0 Å². The first-order valence-electron chi connectivity index (χ1n) is 12.4. The molecule has 6 rings (SSSR count). The van der Waals surface area contributed by atoms with Gasteiger partial charge in [0.25, 0.3) is 0 Å². The number of ketones is 1. The van der Waals surface area contributed by atoms with Crippen molar-refractivity contribution >= 4 is 28.8 Å². The average Bonchev–Trinajstić information content (AvgIpc) is 3.30. The van der Waals surface area contributed by atoms with Crippen LogP contribution in [0.5, 0.6) is 5.75 Å². The van der Waals surface area contributed by atoms with Gasteiger partial charge in [-0.2, -0.15) is 5.10 Å². The number of piperidine rings is 1. The van der Waals surface area contributed by atoms with E-state index in [0.717, 1.165) is 54.9 Å². The van der Waals surface area contributed by atoms with Crippen LogP contribution in [0, 0.1) is 0 Å². The number of nitrogens with zero attached hydrogens (tertiary/aromatic N) is 6. The zero-order valence-corrected chi connectivity index (χ0v) is 20.5. The summed E-state index contributed by atoms with van der Waals surface area (Å²) in [6.45, 7) is 2.12. The quantitative estimate of drug-likeness (QED) is 0.421. The van der Waals surface area contributed by atoms with E-state index < -0.39 is 0 Å². The zero-order chi connectivity index (χ0) is 25.4. The minimum absolute atomic E-state index is 0.0642. The number of carbonyl (C=O) groups is 2. The van der Waals surface area contributed by atoms with Crippen LogP contribution in [0.25, 0.3) is 5.52 Å². The fourth-order valence-electron chi connectivity index (χ4n) is 5.20. The molecule has 4 aromatic rings. The molecule has 0 aliphatic carbocycles. The first-order valence-corrected chi connectivity index (χ1v) is 12.4. The van der Waals surface area contributed by atoms with Crippen LogP contribution in [0.3, 0.4) is 0 Å². The molecule has 37 heavy (non-hydrogen) atoms. The third-order valence-corrected chi connectivity index (χ3v) is 7.22. The Kier molecular flexibility index (Phi) is 5.91. The molecule has 1 aromatic carbocycles. The third-order valence-electron chi connectivity index (χ3n) is 7.22. The molecule has 0 atom stereocenters. The monoisotopic (exact) mass is 497 g/mol. The Hall–Kier alpha value is -4.47. The molecule has 10 nitrogen and oxygen atoms in total. The highest BCUT2D eigenvalue weighted by Gasteiger charge is 2.31. The van der Waals surface area contributed by atoms with Gasteiger partial charge < -0.3 is 19.9 Å². The van der Waals surface area contributed by atoms with Crippen LogP contribution in [-0.4, -0.2) is 69.1 Å². The number of benzene rings is 1. The van der Waals surface area contributed by atoms with Crippen molar-refractivity contribution in [3.63, 3.8) is 0 Å². The molecule has 0 spiro atoms. The maximum atomic E-state index is 13.2. The molecule has 1 fully saturated rings. The minimum atomic E-state index is -0.183. The molecule has 3 aromatic heterocycles. The molecular weight excluding hydrogens is 470 g/mol. The summed E-state index contributed by atoms with van der Waals surface area (Å²) in [6.07, 6.45) is 7.22. The second-order valence-electron chi connectivity index (χ2n) is 9.29. The molecule has 0 radical (unpaired) electrons. The maximum absolute atomic E-state index is 13.2. The van der Waals surface area contributed by atoms with Crippen LogP contribution in [0.1, 0.15) is 34.5 Å². The van der Waals surface area contributed by atoms with Crippen molar-refractivity contribution in [2.75, 3.05) is 37.0 Å². The van der Waals surface area contributed by atoms with Crippen molar-refractivity contribution < 1.29 is 14.3 Å². The zero-order valence-electron chi connectivity index (χ0n) is 20.5. The highest BCUT2D eigenvalue weighted by Crippen LogP contribution is 2.28. The van der Waals surface area contributed by atoms with Crippen LogP contribution in [0.15, 0.2) is 61.2 Å². The van der Waals surface area contributed by atoms with Gasteiger partial charge in [-0.1, -0.05) is 6.07 Å². The molecule has 10 heteroatoms. The Bertz CT molecular complexity index is 1480. The number of urea groups is 1. The number of hydrogen-bond acceptors (Lipinski definition) is 7. The largest absolute Gasteiger partial charge is 0.497 e. The lowest BCUT2D eigenvalue weighted by Crippen LogP contribution is -2.49. The number of pyridine rings is 1. The first kappa shape index (κ1) is 23.0. The Balaban J connectivity index is 1.13. The Morgan fingerprint density at radius 3 is 2.78 bits per heavy atom. The van der Waals surface area contributed by atoms with Crippen molar-refractivity contribution in [3.8, 4) is 5.75 Å². The van der Waals surface area contributed by atoms with E-state index in [9.17, 15) is 9.59 Å². The molecule has 2 aliphatic heterocycles. The number of nitrogens with one attached hydrogen (secondary N) is 1. The normalized spacial score (nSPS) is 16.3. The number of carbonyl (C=O) groups excluding carboxylic acids is 2. The van der Waals surface area contributed by atoms with Gasteiger partial charge in [0.2, 0.25) is 5.78 Å². The summed E-state index contributed by atoms with van der Waals surface area (Å²) in [5, 5.41) is 7.33. The van der Waals surface area contributed by atoms with Gasteiger partial charge in [0.05, 0.1) is 24.4 Å². The van der Waals surface area contributed by atoms with Gasteiger partial charge >= 0.3 is 6.03 Å². The Morgan fingerprint density at radius 1 is 1.08 bits per heavy atom. The lowest BCUT2D eigenvalue weighted by molar-refractivity contribution is 0.103. The predicted octanol–water partition coefficient (Wildman–Crippen LogP) is 3.42. The fourth-order valence-corrected chi connectivity index (χ4v) is 5.20. The Labute approximate surface area is 213 Å². The van der Waals surface area contributed by atoms with E-state index in [-0.39, 0.29) is 17.9 Å². The fraction of sp³-hybridized carbons (Fsp3) is 0.296. The summed E-state index contributed by atoms with van der Waals surface area (Å²) in [5.74, 6) is 1.32. The SMILES string of the molecule is COc1ccc2c(c1)CCN(C1CCN(c3cc(C(=O)c4cnn5ccccc45)ncn3)CC1)C(=O)N2. The van der Waals surface area contributed by atoms with Gasteiger partial charge in [-0.3, -0.25) is 4.79 Å². The van der Waals surface area contributed by atoms with E-state index in [1.807, 2.05) is 47.5 Å². The van der Waals surface area contributed by atoms with E-state index in [0.29, 0.717) is 23.6 Å². The van der Waals surface area contributed by atoms with E-state index in [1.165, 1.54) is 6.33 Å². The average molecular weight is 498 g/mol. The number of fused-ring (bicyclic) bond motifs is 2. The minimum Gasteiger partial charge on any atom is -0.497 e. The summed E-state index contributed by atoms with van der Waals surface area (Å²) >= 11 is 0. The smallest absolute Gasteiger partial charge is 0.322 e. The first-order chi connectivity index (χ1) is 18.1. The van der Waals surface area contributed by atoms with Gasteiger partial charge in [-0.15, -0.1) is 0 Å². The lowest BCUT2D eigenvalue weighted by atomic mass is 10.0. The number of ether oxygens (including phenoxy) is 1. The lowest BCUT2D eigenvalue weighted by Gasteiger charge is -2.38. The molecule has 0 bridgehead atoms. The molecule has 188 valence electrons. The van der Waals surface area contributed by atoms with Crippen LogP contribution >= 0.6 is 0 Å². The standard InChI is InChI=1S/C27H27N7O3/c1-37-20-5-6-22-18(14-20)7-13-33(27(36)31-22)19-8-11-32(12-9-19)25-15-23(28-17-29-25)26(35)21-16-30-34-10-3-2-4-24(21)34/h2-6,10,14-17,19H,7-9,11-13H2,1H3,(H,31,36). The Morgan fingerprint density at radius 2 is 1.95 bits per heavy atom. The van der Waals surface area contributed by atoms with Crippen LogP contribution in [0.4, 0.5) is 16.3 Å². The van der Waals surface area contributed by atoms with Crippen molar-refractivity contribution in [2.45, 2.75) is 25.3 Å². The molecule has 2 amide bonds. The third kappa shape index (κ3) is 4.35. The number of amides is 2. The van der Waals surface area contributed by atoms with E-state index in [2.05, 4.69) is 25.3 Å². The van der Waals surface area contributed by atoms with Crippen molar-refractivity contribution in [2.24, 2.45) is 0 Å². The number of aromatic nitrogens is 4. The van der Waals surface area contributed by atoms with Crippen LogP contribution in [0.2, 0.25) is 0 Å². The van der Waals surface area contributed by atoms with Gasteiger partial charge in [-0.25, -0.2) is 19.3 Å². The number of hydrogen-bond donors (Lipinski definition) is 1. The molecule has 1 saturated heterocycles. The van der Waals surface area contributed by atoms with Crippen molar-refractivity contribution in [1.82, 2.24) is 24.5 Å². The van der Waals surface area contributed by atoms with E-state index in [4.69, 9.17) is 4.74 Å². The summed E-state index contributed by atoms with van der Waals surface area (Å²) in [6, 6.07) is 13.2. The molecule has 1 N–H and O–H groups in total. The topological polar surface area (TPSA) is 105 Å². The highest BCUT2D eigenvalue weighted by molar-refractivity contribution is 6.12. The van der Waals surface area contributed by atoms with E-state index >= 15 is 0 Å². The molecule has 5 heterocycles. The van der Waals surface area contributed by atoms with Gasteiger partial charge in [0.15, 0.2) is 0 Å².